The van der Waals surface area contributed by atoms with Crippen LogP contribution in [0.3, 0.4) is 0 Å². The second-order valence-electron chi connectivity index (χ2n) is 8.00. The van der Waals surface area contributed by atoms with Crippen LogP contribution < -0.4 is 5.32 Å². The average molecular weight is 445 g/mol. The normalized spacial score (nSPS) is 41.2. The summed E-state index contributed by atoms with van der Waals surface area (Å²) in [5.74, 6) is 0. The molecule has 0 aromatic heterocycles. The Morgan fingerprint density at radius 2 is 1.48 bits per heavy atom. The lowest BCUT2D eigenvalue weighted by Crippen LogP contribution is -2.65. The highest BCUT2D eigenvalue weighted by Gasteiger charge is 2.50. The lowest BCUT2D eigenvalue weighted by molar-refractivity contribution is -0.340. The predicted molar refractivity (Wildman–Crippen MR) is 106 cm³/mol. The van der Waals surface area contributed by atoms with Crippen molar-refractivity contribution < 1.29 is 50.0 Å². The van der Waals surface area contributed by atoms with Crippen molar-refractivity contribution in [1.82, 2.24) is 0 Å². The van der Waals surface area contributed by atoms with Crippen molar-refractivity contribution in [2.24, 2.45) is 0 Å². The molecule has 31 heavy (non-hydrogen) atoms. The Bertz CT molecular complexity index is 732. The molecule has 11 nitrogen and oxygen atoms in total. The van der Waals surface area contributed by atoms with Crippen molar-refractivity contribution in [2.75, 3.05) is 18.5 Å². The Balaban J connectivity index is 1.72. The summed E-state index contributed by atoms with van der Waals surface area (Å²) >= 11 is 0. The summed E-state index contributed by atoms with van der Waals surface area (Å²) in [6, 6.07) is 5.52. The van der Waals surface area contributed by atoms with Crippen molar-refractivity contribution >= 4 is 5.69 Å². The van der Waals surface area contributed by atoms with Gasteiger partial charge in [-0.15, -0.1) is 0 Å². The van der Waals surface area contributed by atoms with Crippen molar-refractivity contribution in [1.29, 1.82) is 0 Å². The van der Waals surface area contributed by atoms with Crippen LogP contribution in [0, 0.1) is 13.8 Å². The number of benzene rings is 1. The molecule has 2 fully saturated rings. The third-order valence-electron chi connectivity index (χ3n) is 5.82. The molecule has 1 aromatic carbocycles. The highest BCUT2D eigenvalue weighted by molar-refractivity contribution is 5.48. The summed E-state index contributed by atoms with van der Waals surface area (Å²) in [7, 11) is 0. The number of hydrogen-bond donors (Lipinski definition) is 8. The maximum Gasteiger partial charge on any atom is 0.187 e. The van der Waals surface area contributed by atoms with E-state index >= 15 is 0 Å². The SMILES string of the molecule is Cc1ccc(N[C@@H]2O[C@H](CO)[C@@H](O[C@H]3O[C@@H](CO)[C@H](O)[C@@H](O)[C@@H]3O)[C@H](O)[C@H]2O)cc1C. The summed E-state index contributed by atoms with van der Waals surface area (Å²) in [4.78, 5) is 0. The van der Waals surface area contributed by atoms with Gasteiger partial charge in [-0.2, -0.15) is 0 Å². The zero-order valence-corrected chi connectivity index (χ0v) is 17.3. The molecule has 2 aliphatic heterocycles. The van der Waals surface area contributed by atoms with Crippen molar-refractivity contribution in [3.8, 4) is 0 Å². The van der Waals surface area contributed by atoms with Crippen LogP contribution >= 0.6 is 0 Å². The van der Waals surface area contributed by atoms with Gasteiger partial charge in [-0.1, -0.05) is 6.07 Å². The van der Waals surface area contributed by atoms with E-state index in [2.05, 4.69) is 5.32 Å². The Labute approximate surface area is 179 Å². The minimum atomic E-state index is -1.70. The van der Waals surface area contributed by atoms with Gasteiger partial charge in [0.15, 0.2) is 12.5 Å². The van der Waals surface area contributed by atoms with Crippen LogP contribution in [-0.2, 0) is 14.2 Å². The second-order valence-corrected chi connectivity index (χ2v) is 8.00. The van der Waals surface area contributed by atoms with E-state index in [9.17, 15) is 35.7 Å². The van der Waals surface area contributed by atoms with Crippen molar-refractivity contribution in [3.05, 3.63) is 29.3 Å². The van der Waals surface area contributed by atoms with Gasteiger partial charge in [-0.3, -0.25) is 0 Å². The van der Waals surface area contributed by atoms with Gasteiger partial charge in [0.2, 0.25) is 0 Å². The minimum absolute atomic E-state index is 0.586. The van der Waals surface area contributed by atoms with Gasteiger partial charge in [-0.05, 0) is 37.1 Å². The number of ether oxygens (including phenoxy) is 3. The molecule has 0 unspecified atom stereocenters. The standard InChI is InChI=1S/C20H31NO10/c1-8-3-4-10(5-9(8)2)21-19-16(27)15(26)18(12(7-23)29-19)31-20-17(28)14(25)13(24)11(6-22)30-20/h3-5,11-28H,6-7H2,1-2H3/t11-,12+,13-,14+,15+,16+,17-,18+,19+,20+/m0/s1. The van der Waals surface area contributed by atoms with Crippen molar-refractivity contribution in [3.63, 3.8) is 0 Å². The summed E-state index contributed by atoms with van der Waals surface area (Å²) in [6.07, 6.45) is -14.2. The Morgan fingerprint density at radius 1 is 0.806 bits per heavy atom. The quantitative estimate of drug-likeness (QED) is 0.229. The molecular weight excluding hydrogens is 414 g/mol. The molecule has 0 saturated carbocycles. The van der Waals surface area contributed by atoms with Gasteiger partial charge in [-0.25, -0.2) is 0 Å². The van der Waals surface area contributed by atoms with Gasteiger partial charge in [0.1, 0.15) is 48.8 Å². The summed E-state index contributed by atoms with van der Waals surface area (Å²) in [5.41, 5.74) is 2.74. The molecule has 176 valence electrons. The van der Waals surface area contributed by atoms with E-state index in [1.54, 1.807) is 6.07 Å². The molecule has 2 heterocycles. The minimum Gasteiger partial charge on any atom is -0.394 e. The predicted octanol–water partition coefficient (Wildman–Crippen LogP) is -2.66. The molecule has 2 aliphatic rings. The van der Waals surface area contributed by atoms with E-state index in [0.717, 1.165) is 11.1 Å². The lowest BCUT2D eigenvalue weighted by Gasteiger charge is -2.46. The molecule has 11 heteroatoms. The van der Waals surface area contributed by atoms with Crippen LogP contribution in [0.1, 0.15) is 11.1 Å². The van der Waals surface area contributed by atoms with Crippen LogP contribution in [0.4, 0.5) is 5.69 Å². The fourth-order valence-corrected chi connectivity index (χ4v) is 3.70. The molecule has 0 amide bonds. The fraction of sp³-hybridized carbons (Fsp3) is 0.700. The maximum absolute atomic E-state index is 10.6. The number of aryl methyl sites for hydroxylation is 2. The number of rotatable bonds is 6. The molecule has 0 bridgehead atoms. The maximum atomic E-state index is 10.6. The number of anilines is 1. The van der Waals surface area contributed by atoms with Gasteiger partial charge >= 0.3 is 0 Å². The summed E-state index contributed by atoms with van der Waals surface area (Å²) in [5, 5.41) is 73.2. The lowest BCUT2D eigenvalue weighted by atomic mass is 9.96. The number of nitrogens with one attached hydrogen (secondary N) is 1. The van der Waals surface area contributed by atoms with Crippen LogP contribution in [0.25, 0.3) is 0 Å². The fourth-order valence-electron chi connectivity index (χ4n) is 3.70. The van der Waals surface area contributed by atoms with E-state index in [-0.39, 0.29) is 0 Å². The number of aliphatic hydroxyl groups excluding tert-OH is 7. The largest absolute Gasteiger partial charge is 0.394 e. The van der Waals surface area contributed by atoms with Gasteiger partial charge in [0.25, 0.3) is 0 Å². The zero-order valence-electron chi connectivity index (χ0n) is 17.3. The van der Waals surface area contributed by atoms with Gasteiger partial charge in [0.05, 0.1) is 13.2 Å². The first kappa shape index (κ1) is 24.3. The van der Waals surface area contributed by atoms with Crippen LogP contribution in [0.2, 0.25) is 0 Å². The van der Waals surface area contributed by atoms with E-state index < -0.39 is 74.6 Å². The molecule has 3 rings (SSSR count). The Morgan fingerprint density at radius 3 is 2.10 bits per heavy atom. The Kier molecular flexibility index (Phi) is 7.86. The molecule has 10 atom stereocenters. The van der Waals surface area contributed by atoms with Crippen LogP contribution in [-0.4, -0.2) is 110 Å². The molecule has 0 radical (unpaired) electrons. The van der Waals surface area contributed by atoms with Crippen molar-refractivity contribution in [2.45, 2.75) is 75.2 Å². The van der Waals surface area contributed by atoms with E-state index in [1.807, 2.05) is 26.0 Å². The molecule has 2 saturated heterocycles. The zero-order chi connectivity index (χ0) is 22.9. The van der Waals surface area contributed by atoms with Crippen LogP contribution in [0.15, 0.2) is 18.2 Å². The van der Waals surface area contributed by atoms with E-state index in [0.29, 0.717) is 5.69 Å². The van der Waals surface area contributed by atoms with E-state index in [4.69, 9.17) is 14.2 Å². The molecule has 0 spiro atoms. The second kappa shape index (κ2) is 10.0. The molecule has 0 aliphatic carbocycles. The highest BCUT2D eigenvalue weighted by Crippen LogP contribution is 2.30. The summed E-state index contributed by atoms with van der Waals surface area (Å²) in [6.45, 7) is 2.64. The average Bonchev–Trinajstić information content (AvgIpc) is 2.75. The Hall–Kier alpha value is -1.38. The summed E-state index contributed by atoms with van der Waals surface area (Å²) < 4.78 is 16.5. The van der Waals surface area contributed by atoms with Gasteiger partial charge < -0.3 is 55.3 Å². The van der Waals surface area contributed by atoms with Gasteiger partial charge in [0, 0.05) is 5.69 Å². The van der Waals surface area contributed by atoms with E-state index in [1.165, 1.54) is 0 Å². The smallest absolute Gasteiger partial charge is 0.187 e. The van der Waals surface area contributed by atoms with Crippen LogP contribution in [0.5, 0.6) is 0 Å². The topological polar surface area (TPSA) is 181 Å². The molecule has 1 aromatic rings. The monoisotopic (exact) mass is 445 g/mol. The molecule has 8 N–H and O–H groups in total. The first-order chi connectivity index (χ1) is 14.7. The highest BCUT2D eigenvalue weighted by atomic mass is 16.7. The molecular formula is C20H31NO10. The number of hydrogen-bond acceptors (Lipinski definition) is 11. The third kappa shape index (κ3) is 5.01. The third-order valence-corrected chi connectivity index (χ3v) is 5.82. The number of aliphatic hydroxyl groups is 7. The first-order valence-electron chi connectivity index (χ1n) is 10.1. The first-order valence-corrected chi connectivity index (χ1v) is 10.1.